The molecular formula is C13H19ClN2O3S. The number of rotatable bonds is 4. The number of hydrogen-bond acceptors (Lipinski definition) is 4. The zero-order valence-electron chi connectivity index (χ0n) is 11.0. The highest BCUT2D eigenvalue weighted by atomic mass is 35.5. The summed E-state index contributed by atoms with van der Waals surface area (Å²) in [5.41, 5.74) is 6.82. The van der Waals surface area contributed by atoms with E-state index in [4.69, 9.17) is 5.73 Å². The van der Waals surface area contributed by atoms with Crippen molar-refractivity contribution in [2.24, 2.45) is 5.73 Å². The summed E-state index contributed by atoms with van der Waals surface area (Å²) in [6.07, 6.45) is 0.929. The van der Waals surface area contributed by atoms with Crippen molar-refractivity contribution in [3.05, 3.63) is 35.9 Å². The molecule has 1 fully saturated rings. The van der Waals surface area contributed by atoms with Crippen LogP contribution < -0.4 is 11.1 Å². The van der Waals surface area contributed by atoms with Gasteiger partial charge in [0.25, 0.3) is 0 Å². The zero-order chi connectivity index (χ0) is 13.9. The molecule has 1 aliphatic heterocycles. The van der Waals surface area contributed by atoms with Crippen LogP contribution in [0.2, 0.25) is 0 Å². The van der Waals surface area contributed by atoms with Gasteiger partial charge in [0.05, 0.1) is 17.5 Å². The molecule has 20 heavy (non-hydrogen) atoms. The molecule has 1 aromatic carbocycles. The smallest absolute Gasteiger partial charge is 0.237 e. The van der Waals surface area contributed by atoms with E-state index < -0.39 is 15.9 Å². The number of nitrogens with two attached hydrogens (primary N) is 1. The summed E-state index contributed by atoms with van der Waals surface area (Å²) in [6, 6.07) is 8.57. The highest BCUT2D eigenvalue weighted by molar-refractivity contribution is 7.91. The van der Waals surface area contributed by atoms with E-state index in [1.807, 2.05) is 30.3 Å². The molecule has 0 radical (unpaired) electrons. The molecule has 0 spiro atoms. The molecule has 0 aromatic heterocycles. The van der Waals surface area contributed by atoms with E-state index in [9.17, 15) is 13.2 Å². The van der Waals surface area contributed by atoms with E-state index in [-0.39, 0.29) is 35.9 Å². The maximum absolute atomic E-state index is 11.9. The van der Waals surface area contributed by atoms with Crippen molar-refractivity contribution in [1.82, 2.24) is 5.32 Å². The van der Waals surface area contributed by atoms with Gasteiger partial charge in [-0.3, -0.25) is 4.79 Å². The lowest BCUT2D eigenvalue weighted by molar-refractivity contribution is -0.122. The van der Waals surface area contributed by atoms with Gasteiger partial charge in [0.15, 0.2) is 9.84 Å². The summed E-state index contributed by atoms with van der Waals surface area (Å²) in [7, 11) is -2.98. The summed E-state index contributed by atoms with van der Waals surface area (Å²) in [5, 5.41) is 2.71. The average molecular weight is 319 g/mol. The fraction of sp³-hybridized carbons (Fsp3) is 0.462. The van der Waals surface area contributed by atoms with Gasteiger partial charge in [-0.1, -0.05) is 30.3 Å². The third-order valence-electron chi connectivity index (χ3n) is 3.21. The molecule has 1 saturated heterocycles. The molecule has 0 saturated carbocycles. The van der Waals surface area contributed by atoms with Crippen LogP contribution in [0.4, 0.5) is 0 Å². The fourth-order valence-corrected chi connectivity index (χ4v) is 3.85. The maximum atomic E-state index is 11.9. The zero-order valence-corrected chi connectivity index (χ0v) is 12.6. The van der Waals surface area contributed by atoms with Gasteiger partial charge >= 0.3 is 0 Å². The molecule has 0 aliphatic carbocycles. The Kier molecular flexibility index (Phi) is 5.98. The van der Waals surface area contributed by atoms with E-state index >= 15 is 0 Å². The van der Waals surface area contributed by atoms with Gasteiger partial charge in [-0.05, 0) is 18.4 Å². The Hall–Kier alpha value is -1.11. The fourth-order valence-electron chi connectivity index (χ4n) is 2.18. The molecule has 2 unspecified atom stereocenters. The van der Waals surface area contributed by atoms with Crippen molar-refractivity contribution in [3.63, 3.8) is 0 Å². The Balaban J connectivity index is 0.00000200. The van der Waals surface area contributed by atoms with Crippen LogP contribution in [-0.4, -0.2) is 37.9 Å². The Bertz CT molecular complexity index is 548. The van der Waals surface area contributed by atoms with Crippen LogP contribution in [0.15, 0.2) is 30.3 Å². The van der Waals surface area contributed by atoms with E-state index in [0.29, 0.717) is 12.8 Å². The number of carbonyl (C=O) groups excluding carboxylic acids is 1. The minimum Gasteiger partial charge on any atom is -0.351 e. The normalized spacial score (nSPS) is 21.8. The quantitative estimate of drug-likeness (QED) is 0.834. The first kappa shape index (κ1) is 16.9. The second-order valence-corrected chi connectivity index (χ2v) is 7.13. The van der Waals surface area contributed by atoms with Crippen molar-refractivity contribution < 1.29 is 13.2 Å². The van der Waals surface area contributed by atoms with Crippen molar-refractivity contribution in [1.29, 1.82) is 0 Å². The summed E-state index contributed by atoms with van der Waals surface area (Å²) < 4.78 is 22.6. The molecule has 1 amide bonds. The van der Waals surface area contributed by atoms with Crippen molar-refractivity contribution in [3.8, 4) is 0 Å². The minimum atomic E-state index is -2.98. The third kappa shape index (κ3) is 4.77. The summed E-state index contributed by atoms with van der Waals surface area (Å²) in [6.45, 7) is 0. The Morgan fingerprint density at radius 1 is 1.35 bits per heavy atom. The predicted molar refractivity (Wildman–Crippen MR) is 80.6 cm³/mol. The molecule has 1 heterocycles. The van der Waals surface area contributed by atoms with E-state index in [1.165, 1.54) is 0 Å². The summed E-state index contributed by atoms with van der Waals surface area (Å²) >= 11 is 0. The van der Waals surface area contributed by atoms with Gasteiger partial charge in [-0.25, -0.2) is 8.42 Å². The SMILES string of the molecule is Cl.NC(Cc1ccccc1)C(=O)NC1CCS(=O)(=O)C1. The van der Waals surface area contributed by atoms with Crippen LogP contribution in [0.1, 0.15) is 12.0 Å². The van der Waals surface area contributed by atoms with E-state index in [0.717, 1.165) is 5.56 Å². The Labute approximate surface area is 125 Å². The number of benzene rings is 1. The highest BCUT2D eigenvalue weighted by Crippen LogP contribution is 2.11. The molecule has 2 rings (SSSR count). The average Bonchev–Trinajstić information content (AvgIpc) is 2.70. The van der Waals surface area contributed by atoms with E-state index in [2.05, 4.69) is 5.32 Å². The molecule has 5 nitrogen and oxygen atoms in total. The van der Waals surface area contributed by atoms with Crippen LogP contribution in [0.25, 0.3) is 0 Å². The van der Waals surface area contributed by atoms with Crippen LogP contribution in [-0.2, 0) is 21.1 Å². The standard InChI is InChI=1S/C13H18N2O3S.ClH/c14-12(8-10-4-2-1-3-5-10)13(16)15-11-6-7-19(17,18)9-11;/h1-5,11-12H,6-9,14H2,(H,15,16);1H. The largest absolute Gasteiger partial charge is 0.351 e. The summed E-state index contributed by atoms with van der Waals surface area (Å²) in [5.74, 6) is -0.117. The lowest BCUT2D eigenvalue weighted by Crippen LogP contribution is -2.46. The Morgan fingerprint density at radius 3 is 2.55 bits per heavy atom. The lowest BCUT2D eigenvalue weighted by atomic mass is 10.1. The predicted octanol–water partition coefficient (Wildman–Crippen LogP) is 0.282. The second kappa shape index (κ2) is 7.06. The lowest BCUT2D eigenvalue weighted by Gasteiger charge is -2.15. The van der Waals surface area contributed by atoms with Crippen molar-refractivity contribution in [2.75, 3.05) is 11.5 Å². The Morgan fingerprint density at radius 2 is 2.00 bits per heavy atom. The molecule has 3 N–H and O–H groups in total. The molecule has 0 bridgehead atoms. The second-order valence-electron chi connectivity index (χ2n) is 4.90. The van der Waals surface area contributed by atoms with Gasteiger partial charge in [0.1, 0.15) is 0 Å². The first-order valence-electron chi connectivity index (χ1n) is 6.26. The molecule has 112 valence electrons. The number of nitrogens with one attached hydrogen (secondary N) is 1. The number of carbonyl (C=O) groups is 1. The van der Waals surface area contributed by atoms with Crippen molar-refractivity contribution in [2.45, 2.75) is 24.9 Å². The van der Waals surface area contributed by atoms with Crippen molar-refractivity contribution >= 4 is 28.2 Å². The van der Waals surface area contributed by atoms with Crippen LogP contribution in [0.3, 0.4) is 0 Å². The topological polar surface area (TPSA) is 89.3 Å². The highest BCUT2D eigenvalue weighted by Gasteiger charge is 2.29. The molecule has 7 heteroatoms. The van der Waals surface area contributed by atoms with Gasteiger partial charge in [0.2, 0.25) is 5.91 Å². The number of amides is 1. The first-order chi connectivity index (χ1) is 8.96. The molecule has 2 atom stereocenters. The number of halogens is 1. The first-order valence-corrected chi connectivity index (χ1v) is 8.09. The number of sulfone groups is 1. The maximum Gasteiger partial charge on any atom is 0.237 e. The van der Waals surface area contributed by atoms with Gasteiger partial charge in [-0.15, -0.1) is 12.4 Å². The minimum absolute atomic E-state index is 0. The van der Waals surface area contributed by atoms with Gasteiger partial charge in [-0.2, -0.15) is 0 Å². The molecular weight excluding hydrogens is 300 g/mol. The molecule has 1 aliphatic rings. The van der Waals surface area contributed by atoms with Gasteiger partial charge in [0, 0.05) is 6.04 Å². The third-order valence-corrected chi connectivity index (χ3v) is 4.98. The number of hydrogen-bond donors (Lipinski definition) is 2. The van der Waals surface area contributed by atoms with Gasteiger partial charge < -0.3 is 11.1 Å². The monoisotopic (exact) mass is 318 g/mol. The summed E-state index contributed by atoms with van der Waals surface area (Å²) in [4.78, 5) is 11.9. The van der Waals surface area contributed by atoms with Crippen LogP contribution in [0, 0.1) is 0 Å². The molecule has 1 aromatic rings. The van der Waals surface area contributed by atoms with Crippen LogP contribution >= 0.6 is 12.4 Å². The van der Waals surface area contributed by atoms with E-state index in [1.54, 1.807) is 0 Å². The van der Waals surface area contributed by atoms with Crippen LogP contribution in [0.5, 0.6) is 0 Å².